The van der Waals surface area contributed by atoms with Crippen LogP contribution in [0.3, 0.4) is 0 Å². The minimum Gasteiger partial charge on any atom is -0.331 e. The van der Waals surface area contributed by atoms with Crippen LogP contribution < -0.4 is 5.73 Å². The molecule has 0 unspecified atom stereocenters. The van der Waals surface area contributed by atoms with Crippen LogP contribution in [0, 0.1) is 5.82 Å². The Hall–Kier alpha value is -1.42. The predicted molar refractivity (Wildman–Crippen MR) is 66.5 cm³/mol. The Kier molecular flexibility index (Phi) is 2.82. The van der Waals surface area contributed by atoms with Crippen LogP contribution >= 0.6 is 0 Å². The van der Waals surface area contributed by atoms with Gasteiger partial charge in [-0.1, -0.05) is 12.1 Å². The van der Waals surface area contributed by atoms with E-state index >= 15 is 0 Å². The molecule has 2 aliphatic rings. The van der Waals surface area contributed by atoms with Crippen molar-refractivity contribution in [1.29, 1.82) is 0 Å². The fourth-order valence-corrected chi connectivity index (χ4v) is 3.05. The van der Waals surface area contributed by atoms with Crippen molar-refractivity contribution in [1.82, 2.24) is 4.90 Å². The third-order valence-corrected chi connectivity index (χ3v) is 4.10. The Bertz CT molecular complexity index is 481. The maximum Gasteiger partial charge on any atom is 0.257 e. The maximum atomic E-state index is 13.7. The maximum absolute atomic E-state index is 13.7. The summed E-state index contributed by atoms with van der Waals surface area (Å²) in [6.45, 7) is 0.547. The average molecular weight is 248 g/mol. The number of amides is 1. The first-order valence-electron chi connectivity index (χ1n) is 6.51. The zero-order valence-corrected chi connectivity index (χ0v) is 10.2. The lowest BCUT2D eigenvalue weighted by Crippen LogP contribution is -2.41. The molecule has 0 aromatic heterocycles. The van der Waals surface area contributed by atoms with E-state index in [1.54, 1.807) is 6.07 Å². The Morgan fingerprint density at radius 1 is 1.22 bits per heavy atom. The molecule has 1 heterocycles. The van der Waals surface area contributed by atoms with Gasteiger partial charge in [0.1, 0.15) is 5.82 Å². The molecule has 2 N–H and O–H groups in total. The van der Waals surface area contributed by atoms with Gasteiger partial charge in [0, 0.05) is 18.6 Å². The summed E-state index contributed by atoms with van der Waals surface area (Å²) in [5.41, 5.74) is 6.96. The second-order valence-electron chi connectivity index (χ2n) is 5.28. The smallest absolute Gasteiger partial charge is 0.257 e. The van der Waals surface area contributed by atoms with E-state index in [0.29, 0.717) is 6.54 Å². The van der Waals surface area contributed by atoms with Gasteiger partial charge in [0.05, 0.1) is 5.56 Å². The molecule has 0 radical (unpaired) electrons. The van der Waals surface area contributed by atoms with E-state index in [1.807, 2.05) is 11.0 Å². The van der Waals surface area contributed by atoms with Crippen LogP contribution in [0.4, 0.5) is 4.39 Å². The molecule has 0 bridgehead atoms. The molecule has 96 valence electrons. The first-order chi connectivity index (χ1) is 8.66. The Morgan fingerprint density at radius 2 is 1.94 bits per heavy atom. The summed E-state index contributed by atoms with van der Waals surface area (Å²) >= 11 is 0. The van der Waals surface area contributed by atoms with Gasteiger partial charge >= 0.3 is 0 Å². The second-order valence-corrected chi connectivity index (χ2v) is 5.28. The van der Waals surface area contributed by atoms with E-state index in [9.17, 15) is 9.18 Å². The van der Waals surface area contributed by atoms with E-state index in [-0.39, 0.29) is 23.6 Å². The quantitative estimate of drug-likeness (QED) is 0.826. The number of hydrogen-bond acceptors (Lipinski definition) is 2. The lowest BCUT2D eigenvalue weighted by molar-refractivity contribution is 0.0649. The molecule has 0 spiro atoms. The van der Waals surface area contributed by atoms with Gasteiger partial charge in [-0.15, -0.1) is 0 Å². The molecule has 3 nitrogen and oxygen atoms in total. The normalized spacial score (nSPS) is 27.4. The number of nitrogens with two attached hydrogens (primary N) is 1. The molecule has 1 aliphatic heterocycles. The molecule has 1 aromatic rings. The number of carbonyl (C=O) groups excluding carboxylic acids is 1. The third kappa shape index (κ3) is 1.81. The molecule has 1 aromatic carbocycles. The van der Waals surface area contributed by atoms with Gasteiger partial charge in [-0.2, -0.15) is 0 Å². The van der Waals surface area contributed by atoms with Crippen molar-refractivity contribution in [2.45, 2.75) is 44.3 Å². The lowest BCUT2D eigenvalue weighted by Gasteiger charge is -2.33. The van der Waals surface area contributed by atoms with Crippen molar-refractivity contribution in [3.8, 4) is 0 Å². The summed E-state index contributed by atoms with van der Waals surface area (Å²) in [5.74, 6) is -0.545. The Labute approximate surface area is 106 Å². The molecule has 1 saturated carbocycles. The second kappa shape index (κ2) is 4.35. The molecular formula is C14H17FN2O. The minimum atomic E-state index is -0.396. The molecule has 3 rings (SSSR count). The van der Waals surface area contributed by atoms with Crippen molar-refractivity contribution in [3.63, 3.8) is 0 Å². The molecule has 1 fully saturated rings. The molecule has 1 aliphatic carbocycles. The van der Waals surface area contributed by atoms with Crippen molar-refractivity contribution in [2.24, 2.45) is 5.73 Å². The number of benzene rings is 1. The van der Waals surface area contributed by atoms with Crippen LogP contribution in [-0.2, 0) is 6.54 Å². The minimum absolute atomic E-state index is 0.149. The number of fused-ring (bicyclic) bond motifs is 1. The molecule has 0 saturated heterocycles. The van der Waals surface area contributed by atoms with Gasteiger partial charge < -0.3 is 10.6 Å². The Morgan fingerprint density at radius 3 is 2.61 bits per heavy atom. The van der Waals surface area contributed by atoms with Crippen LogP contribution in [0.5, 0.6) is 0 Å². The van der Waals surface area contributed by atoms with E-state index in [0.717, 1.165) is 31.2 Å². The fraction of sp³-hybridized carbons (Fsp3) is 0.500. The molecule has 18 heavy (non-hydrogen) atoms. The number of rotatable bonds is 1. The molecule has 1 amide bonds. The van der Waals surface area contributed by atoms with E-state index in [1.165, 1.54) is 6.07 Å². The molecular weight excluding hydrogens is 231 g/mol. The summed E-state index contributed by atoms with van der Waals surface area (Å²) in [7, 11) is 0. The zero-order chi connectivity index (χ0) is 12.7. The fourth-order valence-electron chi connectivity index (χ4n) is 3.05. The van der Waals surface area contributed by atoms with E-state index in [2.05, 4.69) is 0 Å². The summed E-state index contributed by atoms with van der Waals surface area (Å²) in [5, 5.41) is 0. The first kappa shape index (κ1) is 11.7. The highest BCUT2D eigenvalue weighted by Gasteiger charge is 2.35. The van der Waals surface area contributed by atoms with Crippen molar-refractivity contribution < 1.29 is 9.18 Å². The van der Waals surface area contributed by atoms with Gasteiger partial charge in [-0.05, 0) is 37.3 Å². The number of hydrogen-bond donors (Lipinski definition) is 1. The van der Waals surface area contributed by atoms with Crippen molar-refractivity contribution in [3.05, 3.63) is 35.1 Å². The van der Waals surface area contributed by atoms with Gasteiger partial charge in [0.25, 0.3) is 5.91 Å². The molecule has 0 atom stereocenters. The number of carbonyl (C=O) groups is 1. The van der Waals surface area contributed by atoms with Crippen molar-refractivity contribution in [2.75, 3.05) is 0 Å². The number of nitrogens with zero attached hydrogens (tertiary/aromatic N) is 1. The van der Waals surface area contributed by atoms with Crippen molar-refractivity contribution >= 4 is 5.91 Å². The van der Waals surface area contributed by atoms with Gasteiger partial charge in [0.2, 0.25) is 0 Å². The largest absolute Gasteiger partial charge is 0.331 e. The van der Waals surface area contributed by atoms with Crippen LogP contribution in [-0.4, -0.2) is 22.9 Å². The highest BCUT2D eigenvalue weighted by Crippen LogP contribution is 2.31. The van der Waals surface area contributed by atoms with Crippen LogP contribution in [0.25, 0.3) is 0 Å². The predicted octanol–water partition coefficient (Wildman–Crippen LogP) is 2.05. The van der Waals surface area contributed by atoms with Gasteiger partial charge in [-0.25, -0.2) is 4.39 Å². The highest BCUT2D eigenvalue weighted by molar-refractivity contribution is 5.98. The number of halogens is 1. The topological polar surface area (TPSA) is 46.3 Å². The highest BCUT2D eigenvalue weighted by atomic mass is 19.1. The van der Waals surface area contributed by atoms with Gasteiger partial charge in [0.15, 0.2) is 0 Å². The third-order valence-electron chi connectivity index (χ3n) is 4.10. The van der Waals surface area contributed by atoms with Crippen LogP contribution in [0.15, 0.2) is 18.2 Å². The SMILES string of the molecule is NC1CCC(N2Cc3cccc(F)c3C2=O)CC1. The van der Waals surface area contributed by atoms with Crippen LogP contribution in [0.2, 0.25) is 0 Å². The summed E-state index contributed by atoms with van der Waals surface area (Å²) in [4.78, 5) is 14.1. The molecule has 4 heteroatoms. The monoisotopic (exact) mass is 248 g/mol. The summed E-state index contributed by atoms with van der Waals surface area (Å²) in [6, 6.07) is 5.35. The average Bonchev–Trinajstić information content (AvgIpc) is 2.69. The zero-order valence-electron chi connectivity index (χ0n) is 10.2. The lowest BCUT2D eigenvalue weighted by atomic mass is 9.91. The van der Waals surface area contributed by atoms with Crippen LogP contribution in [0.1, 0.15) is 41.6 Å². The summed E-state index contributed by atoms with van der Waals surface area (Å²) in [6.07, 6.45) is 3.77. The standard InChI is InChI=1S/C14H17FN2O/c15-12-3-1-2-9-8-17(14(18)13(9)12)11-6-4-10(16)5-7-11/h1-3,10-11H,4-8,16H2. The van der Waals surface area contributed by atoms with Gasteiger partial charge in [-0.3, -0.25) is 4.79 Å². The first-order valence-corrected chi connectivity index (χ1v) is 6.51. The van der Waals surface area contributed by atoms with E-state index in [4.69, 9.17) is 5.73 Å². The summed E-state index contributed by atoms with van der Waals surface area (Å²) < 4.78 is 13.7. The van der Waals surface area contributed by atoms with E-state index < -0.39 is 5.82 Å². The Balaban J connectivity index is 1.82.